The minimum atomic E-state index is -0.996. The van der Waals surface area contributed by atoms with Crippen LogP contribution in [-0.4, -0.2) is 57.0 Å². The van der Waals surface area contributed by atoms with Gasteiger partial charge in [-0.25, -0.2) is 0 Å². The van der Waals surface area contributed by atoms with Gasteiger partial charge < -0.3 is 20.1 Å². The van der Waals surface area contributed by atoms with Crippen LogP contribution < -0.4 is 0 Å². The number of rotatable bonds is 19. The van der Waals surface area contributed by atoms with Gasteiger partial charge in [0, 0.05) is 39.7 Å². The van der Waals surface area contributed by atoms with E-state index < -0.39 is 17.9 Å². The summed E-state index contributed by atoms with van der Waals surface area (Å²) < 4.78 is 4.89. The Kier molecular flexibility index (Phi) is 15.3. The smallest absolute Gasteiger partial charge is 0.307 e. The van der Waals surface area contributed by atoms with Crippen molar-refractivity contribution in [3.05, 3.63) is 158 Å². The van der Waals surface area contributed by atoms with E-state index in [1.165, 1.54) is 90.7 Å². The lowest BCUT2D eigenvalue weighted by Gasteiger charge is -2.00. The average Bonchev–Trinajstić information content (AvgIpc) is 4.15. The Bertz CT molecular complexity index is 3120. The van der Waals surface area contributed by atoms with Gasteiger partial charge in [0.05, 0.1) is 53.4 Å². The van der Waals surface area contributed by atoms with Crippen LogP contribution in [0, 0.1) is 0 Å². The van der Waals surface area contributed by atoms with Gasteiger partial charge in [-0.1, -0.05) is 18.2 Å². The number of carbonyl (C=O) groups is 7. The third-order valence-corrected chi connectivity index (χ3v) is 19.5. The number of hydrogen-bond acceptors (Lipinski definition) is 17. The molecule has 67 heavy (non-hydrogen) atoms. The summed E-state index contributed by atoms with van der Waals surface area (Å²) in [6.45, 7) is 0.634. The Morgan fingerprint density at radius 2 is 0.776 bits per heavy atom. The quantitative estimate of drug-likeness (QED) is 0.0516. The molecule has 0 fully saturated rings. The van der Waals surface area contributed by atoms with Crippen molar-refractivity contribution in [1.29, 1.82) is 0 Å². The molecule has 0 spiro atoms. The highest BCUT2D eigenvalue weighted by Crippen LogP contribution is 2.46. The van der Waals surface area contributed by atoms with Crippen LogP contribution >= 0.6 is 102 Å². The van der Waals surface area contributed by atoms with Gasteiger partial charge in [0.2, 0.25) is 17.3 Å². The topological polar surface area (TPSA) is 189 Å². The van der Waals surface area contributed by atoms with Gasteiger partial charge >= 0.3 is 17.9 Å². The number of ketones is 3. The number of carboxylic acids is 3. The zero-order valence-corrected chi connectivity index (χ0v) is 41.4. The molecule has 0 amide bonds. The van der Waals surface area contributed by atoms with Gasteiger partial charge in [-0.15, -0.1) is 102 Å². The van der Waals surface area contributed by atoms with E-state index in [1.807, 2.05) is 57.9 Å². The minimum Gasteiger partial charge on any atom is -0.481 e. The van der Waals surface area contributed by atoms with Crippen molar-refractivity contribution in [2.45, 2.75) is 25.9 Å². The molecule has 9 rings (SSSR count). The molecule has 0 radical (unpaired) electrons. The Hall–Kier alpha value is -5.81. The molecule has 11 nitrogen and oxygen atoms in total. The molecule has 20 heteroatoms. The SMILES string of the molecule is O=C(O)Cc1cc(C(=O)c2cccs2)sc1-c1ccc(-c2sc(C(=O)c3cccs3)cc2CC(=O)O)s1.O=COCc1ccsc1-c1ccc(-c2sc(C(=O)c3cccs3)cc2CC(=O)O)s1. The summed E-state index contributed by atoms with van der Waals surface area (Å²) in [5.41, 5.74) is 2.66. The zero-order chi connectivity index (χ0) is 47.2. The molecule has 0 unspecified atom stereocenters. The second-order valence-corrected chi connectivity index (χ2v) is 23.1. The van der Waals surface area contributed by atoms with E-state index in [0.717, 1.165) is 34.8 Å². The molecule has 338 valence electrons. The van der Waals surface area contributed by atoms with E-state index in [-0.39, 0.29) is 43.2 Å². The highest BCUT2D eigenvalue weighted by molar-refractivity contribution is 7.28. The van der Waals surface area contributed by atoms with Crippen molar-refractivity contribution in [2.75, 3.05) is 0 Å². The first-order valence-corrected chi connectivity index (χ1v) is 27.1. The predicted molar refractivity (Wildman–Crippen MR) is 270 cm³/mol. The fraction of sp³-hybridized carbons (Fsp3) is 0.0851. The molecular weight excluding hydrogens is 1030 g/mol. The summed E-state index contributed by atoms with van der Waals surface area (Å²) in [5, 5.41) is 35.6. The second kappa shape index (κ2) is 21.4. The van der Waals surface area contributed by atoms with Crippen LogP contribution in [0.2, 0.25) is 0 Å². The Balaban J connectivity index is 0.000000186. The van der Waals surface area contributed by atoms with Crippen molar-refractivity contribution in [3.8, 4) is 39.0 Å². The lowest BCUT2D eigenvalue weighted by Crippen LogP contribution is -2.00. The zero-order valence-electron chi connectivity index (χ0n) is 34.1. The maximum Gasteiger partial charge on any atom is 0.307 e. The molecule has 0 aliphatic heterocycles. The number of thiophene rings is 9. The molecule has 9 aromatic rings. The van der Waals surface area contributed by atoms with Crippen molar-refractivity contribution in [1.82, 2.24) is 0 Å². The number of hydrogen-bond donors (Lipinski definition) is 3. The standard InChI is InChI=1S/C26H16O6S5.C21H14O5S4/c27-21(28)11-13-9-19(23(31)15-3-1-7-33-15)36-25(13)17-5-6-18(35-17)26-14(12-22(29)30)10-20(37-26)24(32)16-4-2-8-34-16;22-11-26-10-12-5-7-28-20(12)15-3-4-16(29-15)21-13(9-18(23)24)8-17(30-21)19(25)14-2-1-6-27-14/h1-10H,11-12H2,(H,27,28)(H,29,30);1-8,11H,9-10H2,(H,23,24). The van der Waals surface area contributed by atoms with Crippen LogP contribution in [0.15, 0.2) is 106 Å². The highest BCUT2D eigenvalue weighted by Gasteiger charge is 2.25. The van der Waals surface area contributed by atoms with Crippen LogP contribution in [0.1, 0.15) is 65.9 Å². The van der Waals surface area contributed by atoms with Crippen molar-refractivity contribution in [2.24, 2.45) is 0 Å². The van der Waals surface area contributed by atoms with Gasteiger partial charge in [0.1, 0.15) is 6.61 Å². The maximum atomic E-state index is 12.9. The predicted octanol–water partition coefficient (Wildman–Crippen LogP) is 12.8. The van der Waals surface area contributed by atoms with Crippen LogP contribution in [-0.2, 0) is 49.8 Å². The normalized spacial score (nSPS) is 10.9. The first-order chi connectivity index (χ1) is 32.4. The third kappa shape index (κ3) is 11.2. The molecule has 0 aromatic carbocycles. The Labute approximate surface area is 416 Å². The molecule has 0 aliphatic carbocycles. The molecule has 0 saturated carbocycles. The van der Waals surface area contributed by atoms with Gasteiger partial charge in [-0.2, -0.15) is 0 Å². The third-order valence-electron chi connectivity index (χ3n) is 9.52. The molecule has 0 atom stereocenters. The van der Waals surface area contributed by atoms with Crippen molar-refractivity contribution >= 4 is 144 Å². The van der Waals surface area contributed by atoms with Crippen LogP contribution in [0.3, 0.4) is 0 Å². The number of carbonyl (C=O) groups excluding carboxylic acids is 4. The van der Waals surface area contributed by atoms with E-state index in [2.05, 4.69) is 0 Å². The van der Waals surface area contributed by atoms with E-state index in [9.17, 15) is 48.9 Å². The summed E-state index contributed by atoms with van der Waals surface area (Å²) >= 11 is 12.3. The van der Waals surface area contributed by atoms with Crippen LogP contribution in [0.25, 0.3) is 39.0 Å². The van der Waals surface area contributed by atoms with Crippen molar-refractivity contribution in [3.63, 3.8) is 0 Å². The maximum absolute atomic E-state index is 12.9. The average molecular weight is 1060 g/mol. The highest BCUT2D eigenvalue weighted by atomic mass is 32.1. The summed E-state index contributed by atoms with van der Waals surface area (Å²) in [6.07, 6.45) is -0.590. The second-order valence-electron chi connectivity index (χ2n) is 14.0. The van der Waals surface area contributed by atoms with Gasteiger partial charge in [0.25, 0.3) is 6.47 Å². The van der Waals surface area contributed by atoms with Crippen LogP contribution in [0.5, 0.6) is 0 Å². The summed E-state index contributed by atoms with van der Waals surface area (Å²) in [5.74, 6) is -3.31. The fourth-order valence-corrected chi connectivity index (χ4v) is 15.8. The van der Waals surface area contributed by atoms with Gasteiger partial charge in [-0.3, -0.25) is 33.6 Å². The first kappa shape index (κ1) is 47.7. The molecule has 0 saturated heterocycles. The molecule has 0 aliphatic rings. The molecule has 9 aromatic heterocycles. The molecule has 9 heterocycles. The minimum absolute atomic E-state index is 0.0868. The molecule has 3 N–H and O–H groups in total. The number of aliphatic carboxylic acids is 3. The van der Waals surface area contributed by atoms with Gasteiger partial charge in [0.15, 0.2) is 0 Å². The van der Waals surface area contributed by atoms with E-state index in [0.29, 0.717) is 62.2 Å². The molecular formula is C47H30O11S9. The van der Waals surface area contributed by atoms with Crippen LogP contribution in [0.4, 0.5) is 0 Å². The summed E-state index contributed by atoms with van der Waals surface area (Å²) in [7, 11) is 0. The summed E-state index contributed by atoms with van der Waals surface area (Å²) in [6, 6.07) is 25.2. The lowest BCUT2D eigenvalue weighted by atomic mass is 10.1. The monoisotopic (exact) mass is 1060 g/mol. The van der Waals surface area contributed by atoms with E-state index >= 15 is 0 Å². The Morgan fingerprint density at radius 1 is 0.418 bits per heavy atom. The number of ether oxygens (including phenoxy) is 1. The van der Waals surface area contributed by atoms with Gasteiger partial charge in [-0.05, 0) is 105 Å². The number of carboxylic acid groups (broad SMARTS) is 3. The summed E-state index contributed by atoms with van der Waals surface area (Å²) in [4.78, 5) is 93.5. The first-order valence-electron chi connectivity index (χ1n) is 19.5. The molecule has 0 bridgehead atoms. The lowest BCUT2D eigenvalue weighted by molar-refractivity contribution is -0.137. The van der Waals surface area contributed by atoms with E-state index in [1.54, 1.807) is 59.9 Å². The van der Waals surface area contributed by atoms with Crippen molar-refractivity contribution < 1.29 is 53.6 Å². The van der Waals surface area contributed by atoms with E-state index in [4.69, 9.17) is 4.74 Å². The largest absolute Gasteiger partial charge is 0.481 e. The fourth-order valence-electron chi connectivity index (χ4n) is 6.67. The Morgan fingerprint density at radius 3 is 1.09 bits per heavy atom.